The molecule has 1 heterocycles. The molecule has 2 aliphatic carbocycles. The monoisotopic (exact) mass is 429 g/mol. The molecule has 0 radical (unpaired) electrons. The van der Waals surface area contributed by atoms with Gasteiger partial charge in [-0.25, -0.2) is 0 Å². The Morgan fingerprint density at radius 1 is 1.00 bits per heavy atom. The number of aromatic amines is 1. The highest BCUT2D eigenvalue weighted by atomic mass is 16.6. The van der Waals surface area contributed by atoms with Crippen LogP contribution in [-0.4, -0.2) is 37.2 Å². The summed E-state index contributed by atoms with van der Waals surface area (Å²) in [5.74, 6) is 1.86. The van der Waals surface area contributed by atoms with Gasteiger partial charge in [-0.15, -0.1) is 0 Å². The van der Waals surface area contributed by atoms with Gasteiger partial charge in [-0.3, -0.25) is 5.10 Å². The Hall–Kier alpha value is -3.54. The van der Waals surface area contributed by atoms with E-state index in [0.29, 0.717) is 17.4 Å². The molecule has 0 aliphatic heterocycles. The molecule has 1 N–H and O–H groups in total. The van der Waals surface area contributed by atoms with Crippen molar-refractivity contribution in [2.75, 3.05) is 21.3 Å². The van der Waals surface area contributed by atoms with Crippen LogP contribution in [0.3, 0.4) is 0 Å². The molecule has 6 nitrogen and oxygen atoms in total. The number of nitrogens with one attached hydrogen (secondary N) is 1. The minimum Gasteiger partial charge on any atom is -0.493 e. The molecule has 3 aromatic rings. The number of nitrogens with zero attached hydrogens (tertiary/aromatic N) is 2. The fourth-order valence-corrected chi connectivity index (χ4v) is 4.64. The summed E-state index contributed by atoms with van der Waals surface area (Å²) < 4.78 is 11.1. The van der Waals surface area contributed by atoms with Gasteiger partial charge in [-0.05, 0) is 36.1 Å². The predicted octanol–water partition coefficient (Wildman–Crippen LogP) is 4.74. The van der Waals surface area contributed by atoms with Gasteiger partial charge in [0, 0.05) is 29.0 Å². The molecule has 1 atom stereocenters. The van der Waals surface area contributed by atoms with Crippen molar-refractivity contribution in [2.24, 2.45) is 11.1 Å². The fraction of sp³-hybridized carbons (Fsp3) is 0.308. The van der Waals surface area contributed by atoms with Crippen molar-refractivity contribution in [3.05, 3.63) is 82.7 Å². The first-order valence-corrected chi connectivity index (χ1v) is 10.9. The van der Waals surface area contributed by atoms with Crippen LogP contribution in [0.2, 0.25) is 0 Å². The first kappa shape index (κ1) is 20.4. The quantitative estimate of drug-likeness (QED) is 0.435. The van der Waals surface area contributed by atoms with Gasteiger partial charge in [0.15, 0.2) is 11.5 Å². The van der Waals surface area contributed by atoms with E-state index in [0.717, 1.165) is 47.5 Å². The Morgan fingerprint density at radius 3 is 2.47 bits per heavy atom. The highest BCUT2D eigenvalue weighted by Gasteiger charge is 2.39. The Balaban J connectivity index is 1.63. The lowest BCUT2D eigenvalue weighted by Crippen LogP contribution is -2.30. The molecule has 1 fully saturated rings. The van der Waals surface area contributed by atoms with Crippen molar-refractivity contribution in [1.82, 2.24) is 10.2 Å². The highest BCUT2D eigenvalue weighted by Crippen LogP contribution is 2.45. The van der Waals surface area contributed by atoms with Gasteiger partial charge >= 0.3 is 0 Å². The number of methoxy groups -OCH3 is 2. The van der Waals surface area contributed by atoms with Crippen LogP contribution >= 0.6 is 0 Å². The van der Waals surface area contributed by atoms with E-state index in [9.17, 15) is 0 Å². The Labute approximate surface area is 187 Å². The molecule has 2 aromatic carbocycles. The number of ether oxygens (including phenoxy) is 2. The number of aromatic nitrogens is 2. The van der Waals surface area contributed by atoms with Crippen LogP contribution in [0.15, 0.2) is 59.8 Å². The Bertz CT molecular complexity index is 1180. The number of H-pyrrole nitrogens is 1. The SMILES string of the molecule is CO/N=C(/c1n[nH]c2c1C=CC(c1ccccc1)(c1ccc(OC)c(OC)c1)C2)C1CC1. The number of rotatable bonds is 7. The van der Waals surface area contributed by atoms with E-state index in [1.54, 1.807) is 21.3 Å². The maximum absolute atomic E-state index is 5.61. The second-order valence-electron chi connectivity index (χ2n) is 8.32. The average Bonchev–Trinajstić information content (AvgIpc) is 3.61. The smallest absolute Gasteiger partial charge is 0.161 e. The second-order valence-corrected chi connectivity index (χ2v) is 8.32. The molecule has 0 spiro atoms. The zero-order valence-electron chi connectivity index (χ0n) is 18.6. The first-order valence-electron chi connectivity index (χ1n) is 10.9. The van der Waals surface area contributed by atoms with Gasteiger partial charge in [0.05, 0.1) is 14.2 Å². The van der Waals surface area contributed by atoms with E-state index in [1.165, 1.54) is 5.56 Å². The summed E-state index contributed by atoms with van der Waals surface area (Å²) in [5.41, 5.74) is 5.99. The highest BCUT2D eigenvalue weighted by molar-refractivity contribution is 6.04. The van der Waals surface area contributed by atoms with Crippen LogP contribution < -0.4 is 9.47 Å². The van der Waals surface area contributed by atoms with Crippen molar-refractivity contribution >= 4 is 11.8 Å². The van der Waals surface area contributed by atoms with Crippen LogP contribution in [-0.2, 0) is 16.7 Å². The maximum atomic E-state index is 5.61. The number of oxime groups is 1. The molecule has 32 heavy (non-hydrogen) atoms. The minimum absolute atomic E-state index is 0.365. The van der Waals surface area contributed by atoms with E-state index >= 15 is 0 Å². The number of hydrogen-bond donors (Lipinski definition) is 1. The molecule has 5 rings (SSSR count). The summed E-state index contributed by atoms with van der Waals surface area (Å²) in [6.45, 7) is 0. The van der Waals surface area contributed by atoms with Crippen LogP contribution in [0.25, 0.3) is 6.08 Å². The average molecular weight is 430 g/mol. The van der Waals surface area contributed by atoms with Gasteiger partial charge < -0.3 is 14.3 Å². The summed E-state index contributed by atoms with van der Waals surface area (Å²) in [7, 11) is 4.92. The molecule has 0 amide bonds. The second kappa shape index (κ2) is 8.19. The van der Waals surface area contributed by atoms with E-state index in [2.05, 4.69) is 63.9 Å². The fourth-order valence-electron chi connectivity index (χ4n) is 4.64. The van der Waals surface area contributed by atoms with E-state index in [1.807, 2.05) is 12.1 Å². The van der Waals surface area contributed by atoms with E-state index in [4.69, 9.17) is 14.3 Å². The first-order chi connectivity index (χ1) is 15.7. The van der Waals surface area contributed by atoms with Crippen molar-refractivity contribution in [2.45, 2.75) is 24.7 Å². The zero-order chi connectivity index (χ0) is 22.1. The molecule has 1 aromatic heterocycles. The third-order valence-corrected chi connectivity index (χ3v) is 6.46. The largest absolute Gasteiger partial charge is 0.493 e. The molecular formula is C26H27N3O3. The molecule has 164 valence electrons. The third-order valence-electron chi connectivity index (χ3n) is 6.46. The lowest BCUT2D eigenvalue weighted by molar-refractivity contribution is 0.212. The van der Waals surface area contributed by atoms with Gasteiger partial charge in [0.1, 0.15) is 18.5 Å². The molecule has 0 saturated heterocycles. The third kappa shape index (κ3) is 3.36. The summed E-state index contributed by atoms with van der Waals surface area (Å²) in [5, 5.41) is 12.3. The van der Waals surface area contributed by atoms with Crippen molar-refractivity contribution in [3.63, 3.8) is 0 Å². The number of hydrogen-bond acceptors (Lipinski definition) is 5. The van der Waals surface area contributed by atoms with Crippen LogP contribution in [0.5, 0.6) is 11.5 Å². The van der Waals surface area contributed by atoms with Crippen molar-refractivity contribution in [3.8, 4) is 11.5 Å². The lowest BCUT2D eigenvalue weighted by atomic mass is 9.68. The van der Waals surface area contributed by atoms with Crippen molar-refractivity contribution in [1.29, 1.82) is 0 Å². The molecule has 1 saturated carbocycles. The van der Waals surface area contributed by atoms with Gasteiger partial charge in [-0.2, -0.15) is 5.10 Å². The van der Waals surface area contributed by atoms with Gasteiger partial charge in [-0.1, -0.05) is 53.7 Å². The predicted molar refractivity (Wildman–Crippen MR) is 124 cm³/mol. The summed E-state index contributed by atoms with van der Waals surface area (Å²) >= 11 is 0. The molecule has 6 heteroatoms. The van der Waals surface area contributed by atoms with Crippen molar-refractivity contribution < 1.29 is 14.3 Å². The van der Waals surface area contributed by atoms with Gasteiger partial charge in [0.25, 0.3) is 0 Å². The molecule has 1 unspecified atom stereocenters. The van der Waals surface area contributed by atoms with E-state index in [-0.39, 0.29) is 5.41 Å². The topological polar surface area (TPSA) is 68.7 Å². The summed E-state index contributed by atoms with van der Waals surface area (Å²) in [6, 6.07) is 16.7. The minimum atomic E-state index is -0.365. The van der Waals surface area contributed by atoms with E-state index < -0.39 is 0 Å². The normalized spacial score (nSPS) is 20.0. The maximum Gasteiger partial charge on any atom is 0.161 e. The Morgan fingerprint density at radius 2 is 1.78 bits per heavy atom. The summed E-state index contributed by atoms with van der Waals surface area (Å²) in [4.78, 5) is 5.13. The molecule has 0 bridgehead atoms. The number of benzene rings is 2. The zero-order valence-corrected chi connectivity index (χ0v) is 18.6. The number of fused-ring (bicyclic) bond motifs is 1. The standard InChI is InChI=1S/C26H27N3O3/c1-30-22-12-11-19(15-23(22)31-2)26(18-7-5-4-6-8-18)14-13-20-21(16-26)27-28-25(20)24(29-32-3)17-9-10-17/h4-8,11-15,17H,9-10,16H2,1-3H3,(H,27,28)/b29-24+. The molecular weight excluding hydrogens is 402 g/mol. The number of allylic oxidation sites excluding steroid dienone is 1. The van der Waals surface area contributed by atoms with Crippen LogP contribution in [0.4, 0.5) is 0 Å². The molecule has 2 aliphatic rings. The summed E-state index contributed by atoms with van der Waals surface area (Å²) in [6.07, 6.45) is 7.47. The lowest BCUT2D eigenvalue weighted by Gasteiger charge is -2.35. The van der Waals surface area contributed by atoms with Gasteiger partial charge in [0.2, 0.25) is 0 Å². The van der Waals surface area contributed by atoms with Crippen LogP contribution in [0, 0.1) is 5.92 Å². The Kier molecular flexibility index (Phi) is 5.21. The van der Waals surface area contributed by atoms with Crippen LogP contribution in [0.1, 0.15) is 40.9 Å².